The Hall–Kier alpha value is -0.130. The third-order valence-electron chi connectivity index (χ3n) is 3.69. The van der Waals surface area contributed by atoms with Gasteiger partial charge in [-0.2, -0.15) is 4.31 Å². The van der Waals surface area contributed by atoms with Crippen LogP contribution in [0.1, 0.15) is 32.6 Å². The summed E-state index contributed by atoms with van der Waals surface area (Å²) >= 11 is 0. The lowest BCUT2D eigenvalue weighted by Crippen LogP contribution is -2.49. The molecule has 0 unspecified atom stereocenters. The Morgan fingerprint density at radius 2 is 1.76 bits per heavy atom. The van der Waals surface area contributed by atoms with Crippen LogP contribution in [-0.4, -0.2) is 56.1 Å². The molecule has 1 heterocycles. The van der Waals surface area contributed by atoms with E-state index in [9.17, 15) is 8.42 Å². The summed E-state index contributed by atoms with van der Waals surface area (Å²) in [4.78, 5) is 2.42. The number of sulfonamides is 1. The topological polar surface area (TPSA) is 40.6 Å². The second-order valence-electron chi connectivity index (χ2n) is 5.31. The molecule has 1 aliphatic carbocycles. The minimum Gasteiger partial charge on any atom is -0.300 e. The molecule has 1 saturated carbocycles. The summed E-state index contributed by atoms with van der Waals surface area (Å²) in [5.41, 5.74) is 0. The van der Waals surface area contributed by atoms with Gasteiger partial charge in [-0.05, 0) is 25.2 Å². The zero-order valence-electron chi connectivity index (χ0n) is 10.8. The fourth-order valence-corrected chi connectivity index (χ4v) is 3.94. The minimum absolute atomic E-state index is 0.326. The molecule has 0 amide bonds. The van der Waals surface area contributed by atoms with Crippen LogP contribution in [0.15, 0.2) is 0 Å². The first-order chi connectivity index (χ1) is 8.12. The lowest BCUT2D eigenvalue weighted by molar-refractivity contribution is 0.182. The van der Waals surface area contributed by atoms with Crippen LogP contribution in [0.25, 0.3) is 0 Å². The SMILES string of the molecule is CCCCS(=O)(=O)N1CCN(CC2CC2)CC1. The van der Waals surface area contributed by atoms with E-state index in [1.807, 2.05) is 6.92 Å². The minimum atomic E-state index is -2.98. The lowest BCUT2D eigenvalue weighted by Gasteiger charge is -2.34. The molecule has 0 bridgehead atoms. The molecule has 4 nitrogen and oxygen atoms in total. The second-order valence-corrected chi connectivity index (χ2v) is 7.40. The van der Waals surface area contributed by atoms with Crippen molar-refractivity contribution in [3.8, 4) is 0 Å². The van der Waals surface area contributed by atoms with Crippen molar-refractivity contribution in [2.24, 2.45) is 5.92 Å². The van der Waals surface area contributed by atoms with Crippen molar-refractivity contribution in [1.29, 1.82) is 0 Å². The summed E-state index contributed by atoms with van der Waals surface area (Å²) in [6.45, 7) is 6.44. The number of hydrogen-bond donors (Lipinski definition) is 0. The predicted octanol–water partition coefficient (Wildman–Crippen LogP) is 1.14. The van der Waals surface area contributed by atoms with Crippen LogP contribution in [0, 0.1) is 5.92 Å². The highest BCUT2D eigenvalue weighted by molar-refractivity contribution is 7.89. The van der Waals surface area contributed by atoms with Crippen molar-refractivity contribution in [1.82, 2.24) is 9.21 Å². The quantitative estimate of drug-likeness (QED) is 0.719. The van der Waals surface area contributed by atoms with Crippen molar-refractivity contribution in [2.75, 3.05) is 38.5 Å². The van der Waals surface area contributed by atoms with Gasteiger partial charge in [-0.15, -0.1) is 0 Å². The van der Waals surface area contributed by atoms with E-state index >= 15 is 0 Å². The summed E-state index contributed by atoms with van der Waals surface area (Å²) in [5.74, 6) is 1.23. The highest BCUT2D eigenvalue weighted by Crippen LogP contribution is 2.30. The van der Waals surface area contributed by atoms with Gasteiger partial charge in [0.05, 0.1) is 5.75 Å². The molecule has 2 aliphatic rings. The van der Waals surface area contributed by atoms with Gasteiger partial charge < -0.3 is 4.90 Å². The molecule has 0 N–H and O–H groups in total. The van der Waals surface area contributed by atoms with E-state index in [4.69, 9.17) is 0 Å². The molecule has 0 atom stereocenters. The molecule has 1 aliphatic heterocycles. The maximum Gasteiger partial charge on any atom is 0.214 e. The van der Waals surface area contributed by atoms with Crippen LogP contribution in [-0.2, 0) is 10.0 Å². The van der Waals surface area contributed by atoms with Gasteiger partial charge in [-0.1, -0.05) is 13.3 Å². The van der Waals surface area contributed by atoms with E-state index in [0.717, 1.165) is 31.8 Å². The van der Waals surface area contributed by atoms with E-state index in [0.29, 0.717) is 18.8 Å². The monoisotopic (exact) mass is 260 g/mol. The Balaban J connectivity index is 1.76. The zero-order valence-corrected chi connectivity index (χ0v) is 11.6. The number of rotatable bonds is 6. The fraction of sp³-hybridized carbons (Fsp3) is 1.00. The fourth-order valence-electron chi connectivity index (χ4n) is 2.31. The van der Waals surface area contributed by atoms with Gasteiger partial charge in [0, 0.05) is 32.7 Å². The molecule has 1 saturated heterocycles. The first kappa shape index (κ1) is 13.3. The highest BCUT2D eigenvalue weighted by Gasteiger charge is 2.29. The molecule has 0 spiro atoms. The van der Waals surface area contributed by atoms with Crippen LogP contribution in [0.3, 0.4) is 0 Å². The van der Waals surface area contributed by atoms with Gasteiger partial charge in [0.15, 0.2) is 0 Å². The Bertz CT molecular complexity index is 330. The van der Waals surface area contributed by atoms with Crippen LogP contribution >= 0.6 is 0 Å². The molecule has 0 aromatic rings. The number of nitrogens with zero attached hydrogens (tertiary/aromatic N) is 2. The summed E-state index contributed by atoms with van der Waals surface area (Å²) < 4.78 is 25.7. The average molecular weight is 260 g/mol. The molecule has 0 aromatic carbocycles. The smallest absolute Gasteiger partial charge is 0.214 e. The lowest BCUT2D eigenvalue weighted by atomic mass is 10.3. The molecule has 2 rings (SSSR count). The highest BCUT2D eigenvalue weighted by atomic mass is 32.2. The van der Waals surface area contributed by atoms with E-state index in [1.165, 1.54) is 19.4 Å². The molecule has 2 fully saturated rings. The van der Waals surface area contributed by atoms with E-state index in [1.54, 1.807) is 4.31 Å². The summed E-state index contributed by atoms with van der Waals surface area (Å²) in [6, 6.07) is 0. The summed E-state index contributed by atoms with van der Waals surface area (Å²) in [5, 5.41) is 0. The number of unbranched alkanes of at least 4 members (excludes halogenated alkanes) is 1. The first-order valence-corrected chi connectivity index (χ1v) is 8.43. The molecule has 17 heavy (non-hydrogen) atoms. The second kappa shape index (κ2) is 5.67. The summed E-state index contributed by atoms with van der Waals surface area (Å²) in [6.07, 6.45) is 4.47. The van der Waals surface area contributed by atoms with Crippen LogP contribution < -0.4 is 0 Å². The van der Waals surface area contributed by atoms with Gasteiger partial charge >= 0.3 is 0 Å². The molecule has 0 radical (unpaired) electrons. The average Bonchev–Trinajstić information content (AvgIpc) is 3.11. The van der Waals surface area contributed by atoms with Gasteiger partial charge in [0.25, 0.3) is 0 Å². The normalized spacial score (nSPS) is 24.1. The Labute approximate surface area is 105 Å². The van der Waals surface area contributed by atoms with Crippen molar-refractivity contribution in [3.63, 3.8) is 0 Å². The predicted molar refractivity (Wildman–Crippen MR) is 69.4 cm³/mol. The maximum absolute atomic E-state index is 12.0. The summed E-state index contributed by atoms with van der Waals surface area (Å²) in [7, 11) is -2.98. The Kier molecular flexibility index (Phi) is 4.44. The number of hydrogen-bond acceptors (Lipinski definition) is 3. The van der Waals surface area contributed by atoms with Gasteiger partial charge in [-0.25, -0.2) is 8.42 Å². The van der Waals surface area contributed by atoms with Crippen molar-refractivity contribution in [2.45, 2.75) is 32.6 Å². The molecule has 5 heteroatoms. The van der Waals surface area contributed by atoms with Crippen molar-refractivity contribution >= 4 is 10.0 Å². The van der Waals surface area contributed by atoms with Gasteiger partial charge in [0.1, 0.15) is 0 Å². The first-order valence-electron chi connectivity index (χ1n) is 6.82. The molecular weight excluding hydrogens is 236 g/mol. The van der Waals surface area contributed by atoms with E-state index in [2.05, 4.69) is 4.90 Å². The molecule has 0 aromatic heterocycles. The Morgan fingerprint density at radius 1 is 1.12 bits per heavy atom. The number of piperazine rings is 1. The zero-order chi connectivity index (χ0) is 12.3. The van der Waals surface area contributed by atoms with Crippen LogP contribution in [0.5, 0.6) is 0 Å². The van der Waals surface area contributed by atoms with Crippen molar-refractivity contribution < 1.29 is 8.42 Å². The van der Waals surface area contributed by atoms with Gasteiger partial charge in [-0.3, -0.25) is 0 Å². The Morgan fingerprint density at radius 3 is 2.29 bits per heavy atom. The molecule has 100 valence electrons. The third kappa shape index (κ3) is 3.93. The van der Waals surface area contributed by atoms with Crippen LogP contribution in [0.4, 0.5) is 0 Å². The third-order valence-corrected chi connectivity index (χ3v) is 5.65. The molecular formula is C12H24N2O2S. The largest absolute Gasteiger partial charge is 0.300 e. The van der Waals surface area contributed by atoms with E-state index < -0.39 is 10.0 Å². The maximum atomic E-state index is 12.0. The van der Waals surface area contributed by atoms with Gasteiger partial charge in [0.2, 0.25) is 10.0 Å². The van der Waals surface area contributed by atoms with Crippen LogP contribution in [0.2, 0.25) is 0 Å². The van der Waals surface area contributed by atoms with E-state index in [-0.39, 0.29) is 0 Å². The standard InChI is InChI=1S/C12H24N2O2S/c1-2-3-10-17(15,16)14-8-6-13(7-9-14)11-12-4-5-12/h12H,2-11H2,1H3. The van der Waals surface area contributed by atoms with Crippen molar-refractivity contribution in [3.05, 3.63) is 0 Å².